The molecule has 0 aliphatic heterocycles. The fourth-order valence-corrected chi connectivity index (χ4v) is 3.18. The summed E-state index contributed by atoms with van der Waals surface area (Å²) in [5.74, 6) is 0. The highest BCUT2D eigenvalue weighted by Gasteiger charge is 2.15. The molecule has 0 saturated carbocycles. The average molecular weight is 290 g/mol. The topological polar surface area (TPSA) is 3.88 Å². The molecule has 0 atom stereocenters. The molecule has 1 aromatic heterocycles. The molecule has 0 spiro atoms. The number of hydrogen-bond acceptors (Lipinski definition) is 0. The Labute approximate surface area is 133 Å². The minimum atomic E-state index is 1.15. The normalized spacial score (nSPS) is 11.1. The predicted octanol–water partition coefficient (Wildman–Crippen LogP) is 4.90. The van der Waals surface area contributed by atoms with Crippen molar-refractivity contribution in [2.45, 2.75) is 33.6 Å². The van der Waals surface area contributed by atoms with Crippen molar-refractivity contribution < 1.29 is 4.57 Å². The molecule has 1 heterocycles. The lowest BCUT2D eigenvalue weighted by Crippen LogP contribution is -2.32. The fraction of sp³-hybridized carbons (Fsp3) is 0.286. The van der Waals surface area contributed by atoms with E-state index in [0.717, 1.165) is 6.42 Å². The standard InChI is InChI=1S/C21H24N/c1-5-6-17-9-11-20-18(14-17)10-12-21(22(20)4)19-13-15(2)7-8-16(19)3/h7-14H,5-6H2,1-4H3/q+1. The van der Waals surface area contributed by atoms with E-state index >= 15 is 0 Å². The summed E-state index contributed by atoms with van der Waals surface area (Å²) in [6.07, 6.45) is 2.34. The number of hydrogen-bond donors (Lipinski definition) is 0. The Kier molecular flexibility index (Phi) is 3.98. The highest BCUT2D eigenvalue weighted by atomic mass is 14.9. The zero-order chi connectivity index (χ0) is 15.7. The first-order valence-corrected chi connectivity index (χ1v) is 8.09. The van der Waals surface area contributed by atoms with Gasteiger partial charge in [-0.25, -0.2) is 0 Å². The number of rotatable bonds is 3. The van der Waals surface area contributed by atoms with E-state index < -0.39 is 0 Å². The van der Waals surface area contributed by atoms with Gasteiger partial charge in [-0.15, -0.1) is 0 Å². The number of fused-ring (bicyclic) bond motifs is 1. The summed E-state index contributed by atoms with van der Waals surface area (Å²) in [4.78, 5) is 0. The van der Waals surface area contributed by atoms with Gasteiger partial charge in [0.1, 0.15) is 7.05 Å². The first-order valence-electron chi connectivity index (χ1n) is 8.09. The molecule has 0 bridgehead atoms. The number of aryl methyl sites for hydroxylation is 4. The van der Waals surface area contributed by atoms with E-state index in [1.165, 1.54) is 45.3 Å². The van der Waals surface area contributed by atoms with Gasteiger partial charge in [-0.2, -0.15) is 4.57 Å². The van der Waals surface area contributed by atoms with Crippen LogP contribution < -0.4 is 4.57 Å². The summed E-state index contributed by atoms with van der Waals surface area (Å²) < 4.78 is 2.31. The SMILES string of the molecule is CCCc1ccc2c(ccc(-c3cc(C)ccc3C)[n+]2C)c1. The first-order chi connectivity index (χ1) is 10.6. The molecule has 22 heavy (non-hydrogen) atoms. The van der Waals surface area contributed by atoms with Gasteiger partial charge in [0.15, 0.2) is 0 Å². The molecular formula is C21H24N+. The number of nitrogens with zero attached hydrogens (tertiary/aromatic N) is 1. The smallest absolute Gasteiger partial charge is 0.194 e. The van der Waals surface area contributed by atoms with Crippen LogP contribution in [0.25, 0.3) is 22.2 Å². The van der Waals surface area contributed by atoms with Gasteiger partial charge >= 0.3 is 0 Å². The van der Waals surface area contributed by atoms with Crippen molar-refractivity contribution in [3.8, 4) is 11.3 Å². The molecule has 2 aromatic carbocycles. The van der Waals surface area contributed by atoms with Crippen molar-refractivity contribution >= 4 is 10.9 Å². The van der Waals surface area contributed by atoms with E-state index in [4.69, 9.17) is 0 Å². The molecule has 0 saturated heterocycles. The number of aromatic nitrogens is 1. The van der Waals surface area contributed by atoms with E-state index in [-0.39, 0.29) is 0 Å². The van der Waals surface area contributed by atoms with Gasteiger partial charge in [0, 0.05) is 23.1 Å². The molecule has 0 radical (unpaired) electrons. The second-order valence-corrected chi connectivity index (χ2v) is 6.24. The average Bonchev–Trinajstić information content (AvgIpc) is 2.51. The third kappa shape index (κ3) is 2.64. The van der Waals surface area contributed by atoms with Crippen LogP contribution in [0.15, 0.2) is 48.5 Å². The molecule has 3 rings (SSSR count). The highest BCUT2D eigenvalue weighted by Crippen LogP contribution is 2.24. The Morgan fingerprint density at radius 2 is 1.73 bits per heavy atom. The van der Waals surface area contributed by atoms with Crippen molar-refractivity contribution in [3.05, 3.63) is 65.2 Å². The van der Waals surface area contributed by atoms with Gasteiger partial charge in [-0.3, -0.25) is 0 Å². The summed E-state index contributed by atoms with van der Waals surface area (Å²) in [6.45, 7) is 6.57. The molecule has 0 N–H and O–H groups in total. The maximum absolute atomic E-state index is 2.33. The molecule has 1 nitrogen and oxygen atoms in total. The molecule has 112 valence electrons. The summed E-state index contributed by atoms with van der Waals surface area (Å²) >= 11 is 0. The van der Waals surface area contributed by atoms with Crippen LogP contribution in [-0.2, 0) is 13.5 Å². The lowest BCUT2D eigenvalue weighted by Gasteiger charge is -2.08. The summed E-state index contributed by atoms with van der Waals surface area (Å²) in [5.41, 5.74) is 7.94. The minimum Gasteiger partial charge on any atom is -0.194 e. The van der Waals surface area contributed by atoms with Crippen LogP contribution in [0.2, 0.25) is 0 Å². The van der Waals surface area contributed by atoms with Gasteiger partial charge in [-0.05, 0) is 49.6 Å². The van der Waals surface area contributed by atoms with Crippen LogP contribution in [-0.4, -0.2) is 0 Å². The molecular weight excluding hydrogens is 266 g/mol. The zero-order valence-electron chi connectivity index (χ0n) is 14.0. The van der Waals surface area contributed by atoms with Crippen molar-refractivity contribution in [2.24, 2.45) is 7.05 Å². The van der Waals surface area contributed by atoms with E-state index in [2.05, 4.69) is 80.9 Å². The van der Waals surface area contributed by atoms with Crippen molar-refractivity contribution in [3.63, 3.8) is 0 Å². The molecule has 0 aliphatic rings. The highest BCUT2D eigenvalue weighted by molar-refractivity contribution is 5.78. The molecule has 0 fully saturated rings. The molecule has 0 aliphatic carbocycles. The van der Waals surface area contributed by atoms with Crippen molar-refractivity contribution in [2.75, 3.05) is 0 Å². The third-order valence-corrected chi connectivity index (χ3v) is 4.44. The van der Waals surface area contributed by atoms with E-state index in [0.29, 0.717) is 0 Å². The lowest BCUT2D eigenvalue weighted by atomic mass is 10.0. The number of benzene rings is 2. The Morgan fingerprint density at radius 3 is 2.50 bits per heavy atom. The van der Waals surface area contributed by atoms with Crippen molar-refractivity contribution in [1.82, 2.24) is 0 Å². The van der Waals surface area contributed by atoms with Gasteiger partial charge in [0.25, 0.3) is 0 Å². The fourth-order valence-electron chi connectivity index (χ4n) is 3.18. The van der Waals surface area contributed by atoms with Gasteiger partial charge in [-0.1, -0.05) is 37.1 Å². The quantitative estimate of drug-likeness (QED) is 0.604. The van der Waals surface area contributed by atoms with Crippen LogP contribution in [0.3, 0.4) is 0 Å². The van der Waals surface area contributed by atoms with E-state index in [1.54, 1.807) is 0 Å². The molecule has 1 heteroatoms. The van der Waals surface area contributed by atoms with Crippen LogP contribution in [0, 0.1) is 13.8 Å². The Bertz CT molecular complexity index is 831. The minimum absolute atomic E-state index is 1.15. The van der Waals surface area contributed by atoms with Crippen molar-refractivity contribution in [1.29, 1.82) is 0 Å². The summed E-state index contributed by atoms with van der Waals surface area (Å²) in [7, 11) is 2.17. The van der Waals surface area contributed by atoms with Crippen LogP contribution in [0.5, 0.6) is 0 Å². The largest absolute Gasteiger partial charge is 0.213 e. The van der Waals surface area contributed by atoms with E-state index in [1.807, 2.05) is 0 Å². The molecule has 0 unspecified atom stereocenters. The molecule has 0 amide bonds. The second-order valence-electron chi connectivity index (χ2n) is 6.24. The maximum Gasteiger partial charge on any atom is 0.213 e. The Hall–Kier alpha value is -2.15. The predicted molar refractivity (Wildman–Crippen MR) is 94.0 cm³/mol. The Balaban J connectivity index is 2.18. The van der Waals surface area contributed by atoms with Crippen LogP contribution in [0.1, 0.15) is 30.0 Å². The molecule has 3 aromatic rings. The maximum atomic E-state index is 2.33. The monoisotopic (exact) mass is 290 g/mol. The second kappa shape index (κ2) is 5.92. The third-order valence-electron chi connectivity index (χ3n) is 4.44. The lowest BCUT2D eigenvalue weighted by molar-refractivity contribution is -0.633. The zero-order valence-corrected chi connectivity index (χ0v) is 14.0. The first kappa shape index (κ1) is 14.8. The van der Waals surface area contributed by atoms with Gasteiger partial charge in [0.2, 0.25) is 11.2 Å². The Morgan fingerprint density at radius 1 is 0.909 bits per heavy atom. The van der Waals surface area contributed by atoms with Gasteiger partial charge in [0.05, 0.1) is 0 Å². The summed E-state index contributed by atoms with van der Waals surface area (Å²) in [6, 6.07) is 18.0. The van der Waals surface area contributed by atoms with Gasteiger partial charge < -0.3 is 0 Å². The van der Waals surface area contributed by atoms with E-state index in [9.17, 15) is 0 Å². The summed E-state index contributed by atoms with van der Waals surface area (Å²) in [5, 5.41) is 1.32. The number of pyridine rings is 1. The van der Waals surface area contributed by atoms with Crippen LogP contribution >= 0.6 is 0 Å². The van der Waals surface area contributed by atoms with Crippen LogP contribution in [0.4, 0.5) is 0 Å².